The summed E-state index contributed by atoms with van der Waals surface area (Å²) in [5.41, 5.74) is 5.05. The summed E-state index contributed by atoms with van der Waals surface area (Å²) in [6.07, 6.45) is 0. The minimum absolute atomic E-state index is 0.0550. The third-order valence-corrected chi connectivity index (χ3v) is 6.27. The summed E-state index contributed by atoms with van der Waals surface area (Å²) in [5, 5.41) is 0. The van der Waals surface area contributed by atoms with Crippen molar-refractivity contribution in [2.24, 2.45) is 5.92 Å². The van der Waals surface area contributed by atoms with Gasteiger partial charge in [-0.3, -0.25) is 25.2 Å². The Labute approximate surface area is 164 Å². The maximum absolute atomic E-state index is 12.3. The summed E-state index contributed by atoms with van der Waals surface area (Å²) in [6.45, 7) is 3.38. The van der Waals surface area contributed by atoms with Crippen LogP contribution in [-0.2, 0) is 14.8 Å². The third-order valence-electron chi connectivity index (χ3n) is 3.14. The fourth-order valence-corrected chi connectivity index (χ4v) is 4.95. The van der Waals surface area contributed by atoms with Crippen LogP contribution in [0.4, 0.5) is 5.69 Å². The van der Waals surface area contributed by atoms with Crippen LogP contribution in [0.25, 0.3) is 0 Å². The summed E-state index contributed by atoms with van der Waals surface area (Å²) in [7, 11) is -3.90. The SMILES string of the molecule is CC(C)C(=O)NNC(=O)c1ccc(NS(=O)(=O)c2cc(Cl)sc2Cl)cc1. The number of amides is 2. The highest BCUT2D eigenvalue weighted by molar-refractivity contribution is 7.93. The number of halogens is 2. The summed E-state index contributed by atoms with van der Waals surface area (Å²) < 4.78 is 27.3. The summed E-state index contributed by atoms with van der Waals surface area (Å²) >= 11 is 12.6. The van der Waals surface area contributed by atoms with Gasteiger partial charge in [-0.15, -0.1) is 11.3 Å². The van der Waals surface area contributed by atoms with E-state index in [1.54, 1.807) is 13.8 Å². The van der Waals surface area contributed by atoms with Gasteiger partial charge in [-0.1, -0.05) is 37.0 Å². The number of sulfonamides is 1. The van der Waals surface area contributed by atoms with E-state index >= 15 is 0 Å². The monoisotopic (exact) mass is 435 g/mol. The van der Waals surface area contributed by atoms with Crippen LogP contribution in [0.5, 0.6) is 0 Å². The first-order chi connectivity index (χ1) is 12.1. The van der Waals surface area contributed by atoms with Crippen molar-refractivity contribution in [1.82, 2.24) is 10.9 Å². The number of nitrogens with one attached hydrogen (secondary N) is 3. The van der Waals surface area contributed by atoms with Crippen molar-refractivity contribution < 1.29 is 18.0 Å². The van der Waals surface area contributed by atoms with Crippen molar-refractivity contribution in [3.8, 4) is 0 Å². The first-order valence-electron chi connectivity index (χ1n) is 7.28. The minimum atomic E-state index is -3.90. The molecule has 0 unspecified atom stereocenters. The van der Waals surface area contributed by atoms with Crippen LogP contribution in [-0.4, -0.2) is 20.2 Å². The van der Waals surface area contributed by atoms with Gasteiger partial charge in [-0.25, -0.2) is 8.42 Å². The molecule has 0 aliphatic carbocycles. The Morgan fingerprint density at radius 1 is 1.08 bits per heavy atom. The number of rotatable bonds is 5. The summed E-state index contributed by atoms with van der Waals surface area (Å²) in [6, 6.07) is 6.92. The lowest BCUT2D eigenvalue weighted by Gasteiger charge is -2.10. The predicted molar refractivity (Wildman–Crippen MR) is 102 cm³/mol. The molecule has 26 heavy (non-hydrogen) atoms. The molecule has 0 fully saturated rings. The van der Waals surface area contributed by atoms with Gasteiger partial charge in [0.15, 0.2) is 0 Å². The molecule has 2 aromatic rings. The Morgan fingerprint density at radius 2 is 1.69 bits per heavy atom. The predicted octanol–water partition coefficient (Wildman–Crippen LogP) is 3.27. The molecule has 0 aliphatic heterocycles. The van der Waals surface area contributed by atoms with Crippen LogP contribution < -0.4 is 15.6 Å². The molecule has 7 nitrogen and oxygen atoms in total. The molecule has 0 radical (unpaired) electrons. The molecule has 0 atom stereocenters. The van der Waals surface area contributed by atoms with Crippen molar-refractivity contribution in [2.45, 2.75) is 18.7 Å². The number of hydrogen-bond acceptors (Lipinski definition) is 5. The number of thiophene rings is 1. The fourth-order valence-electron chi connectivity index (χ4n) is 1.74. The number of carbonyl (C=O) groups excluding carboxylic acids is 2. The molecule has 2 amide bonds. The van der Waals surface area contributed by atoms with Gasteiger partial charge in [-0.2, -0.15) is 0 Å². The lowest BCUT2D eigenvalue weighted by molar-refractivity contribution is -0.124. The number of benzene rings is 1. The number of anilines is 1. The maximum Gasteiger partial charge on any atom is 0.269 e. The second-order valence-corrected chi connectivity index (χ2v) is 9.41. The van der Waals surface area contributed by atoms with Crippen LogP contribution in [0.15, 0.2) is 35.2 Å². The quantitative estimate of drug-likeness (QED) is 0.626. The van der Waals surface area contributed by atoms with Crippen LogP contribution in [0, 0.1) is 5.92 Å². The van der Waals surface area contributed by atoms with Crippen molar-refractivity contribution in [3.63, 3.8) is 0 Å². The van der Waals surface area contributed by atoms with Gasteiger partial charge in [0.05, 0.1) is 4.34 Å². The van der Waals surface area contributed by atoms with Gasteiger partial charge in [0.2, 0.25) is 5.91 Å². The van der Waals surface area contributed by atoms with Gasteiger partial charge >= 0.3 is 0 Å². The Bertz CT molecular complexity index is 925. The Balaban J connectivity index is 2.06. The number of carbonyl (C=O) groups is 2. The van der Waals surface area contributed by atoms with E-state index < -0.39 is 15.9 Å². The largest absolute Gasteiger partial charge is 0.280 e. The van der Waals surface area contributed by atoms with E-state index in [4.69, 9.17) is 23.2 Å². The molecule has 1 aromatic carbocycles. The van der Waals surface area contributed by atoms with Crippen molar-refractivity contribution >= 4 is 62.1 Å². The van der Waals surface area contributed by atoms with E-state index in [-0.39, 0.29) is 36.6 Å². The van der Waals surface area contributed by atoms with E-state index in [1.165, 1.54) is 30.3 Å². The number of hydrogen-bond donors (Lipinski definition) is 3. The molecule has 0 saturated carbocycles. The molecule has 3 N–H and O–H groups in total. The van der Waals surface area contributed by atoms with Gasteiger partial charge < -0.3 is 0 Å². The highest BCUT2D eigenvalue weighted by Gasteiger charge is 2.21. The average molecular weight is 436 g/mol. The van der Waals surface area contributed by atoms with Crippen LogP contribution in [0.2, 0.25) is 8.67 Å². The summed E-state index contributed by atoms with van der Waals surface area (Å²) in [5.74, 6) is -1.13. The highest BCUT2D eigenvalue weighted by atomic mass is 35.5. The normalized spacial score (nSPS) is 11.3. The molecule has 2 rings (SSSR count). The standard InChI is InChI=1S/C15H15Cl2N3O4S2/c1-8(2)14(21)18-19-15(22)9-3-5-10(6-4-9)20-26(23,24)11-7-12(16)25-13(11)17/h3-8,20H,1-2H3,(H,18,21)(H,19,22). The topological polar surface area (TPSA) is 104 Å². The van der Waals surface area contributed by atoms with Crippen LogP contribution in [0.3, 0.4) is 0 Å². The van der Waals surface area contributed by atoms with Crippen LogP contribution in [0.1, 0.15) is 24.2 Å². The molecular weight excluding hydrogens is 421 g/mol. The molecule has 11 heteroatoms. The van der Waals surface area contributed by atoms with E-state index in [2.05, 4.69) is 15.6 Å². The Kier molecular flexibility index (Phi) is 6.51. The van der Waals surface area contributed by atoms with E-state index in [1.807, 2.05) is 0 Å². The molecule has 0 bridgehead atoms. The molecule has 140 valence electrons. The zero-order chi connectivity index (χ0) is 19.5. The lowest BCUT2D eigenvalue weighted by Crippen LogP contribution is -2.43. The second kappa shape index (κ2) is 8.26. The second-order valence-electron chi connectivity index (χ2n) is 5.47. The zero-order valence-electron chi connectivity index (χ0n) is 13.7. The molecule has 1 heterocycles. The highest BCUT2D eigenvalue weighted by Crippen LogP contribution is 2.35. The van der Waals surface area contributed by atoms with Crippen molar-refractivity contribution in [1.29, 1.82) is 0 Å². The zero-order valence-corrected chi connectivity index (χ0v) is 16.8. The van der Waals surface area contributed by atoms with Gasteiger partial charge in [0, 0.05) is 17.2 Å². The molecule has 0 saturated heterocycles. The smallest absolute Gasteiger partial charge is 0.269 e. The first-order valence-corrected chi connectivity index (χ1v) is 10.3. The Hall–Kier alpha value is -1.81. The molecule has 0 spiro atoms. The van der Waals surface area contributed by atoms with Crippen molar-refractivity contribution in [2.75, 3.05) is 4.72 Å². The van der Waals surface area contributed by atoms with E-state index in [0.717, 1.165) is 11.3 Å². The van der Waals surface area contributed by atoms with Gasteiger partial charge in [0.25, 0.3) is 15.9 Å². The maximum atomic E-state index is 12.3. The molecule has 0 aliphatic rings. The molecule has 1 aromatic heterocycles. The number of hydrazine groups is 1. The Morgan fingerprint density at radius 3 is 2.19 bits per heavy atom. The van der Waals surface area contributed by atoms with Gasteiger partial charge in [0.1, 0.15) is 9.23 Å². The minimum Gasteiger partial charge on any atom is -0.280 e. The fraction of sp³-hybridized carbons (Fsp3) is 0.200. The van der Waals surface area contributed by atoms with Crippen LogP contribution >= 0.6 is 34.5 Å². The average Bonchev–Trinajstić information content (AvgIpc) is 2.92. The van der Waals surface area contributed by atoms with E-state index in [0.29, 0.717) is 0 Å². The lowest BCUT2D eigenvalue weighted by atomic mass is 10.2. The first kappa shape index (κ1) is 20.5. The van der Waals surface area contributed by atoms with Crippen molar-refractivity contribution in [3.05, 3.63) is 44.6 Å². The third kappa shape index (κ3) is 5.10. The summed E-state index contributed by atoms with van der Waals surface area (Å²) in [4.78, 5) is 23.3. The van der Waals surface area contributed by atoms with E-state index in [9.17, 15) is 18.0 Å². The molecular formula is C15H15Cl2N3O4S2. The van der Waals surface area contributed by atoms with Gasteiger partial charge in [-0.05, 0) is 30.3 Å².